The van der Waals surface area contributed by atoms with Gasteiger partial charge in [0.1, 0.15) is 11.5 Å². The molecule has 14 nitrogen and oxygen atoms in total. The van der Waals surface area contributed by atoms with E-state index in [0.29, 0.717) is 40.4 Å². The highest BCUT2D eigenvalue weighted by atomic mass is 16.6. The molecule has 0 heterocycles. The van der Waals surface area contributed by atoms with Crippen molar-refractivity contribution in [1.82, 2.24) is 0 Å². The first-order valence-corrected chi connectivity index (χ1v) is 14.4. The van der Waals surface area contributed by atoms with Crippen LogP contribution in [0.25, 0.3) is 0 Å². The van der Waals surface area contributed by atoms with E-state index in [1.54, 1.807) is 26.0 Å². The second-order valence-electron chi connectivity index (χ2n) is 9.92. The van der Waals surface area contributed by atoms with E-state index in [2.05, 4.69) is 21.1 Å². The topological polar surface area (TPSA) is 188 Å². The number of non-ortho nitro benzene ring substituents is 2. The van der Waals surface area contributed by atoms with Crippen LogP contribution >= 0.6 is 0 Å². The normalized spacial score (nSPS) is 10.9. The number of nitro groups is 2. The van der Waals surface area contributed by atoms with E-state index in [1.165, 1.54) is 61.0 Å². The van der Waals surface area contributed by atoms with E-state index >= 15 is 0 Å². The molecule has 240 valence electrons. The first kappa shape index (κ1) is 33.5. The monoisotopic (exact) mass is 638 g/mol. The molecule has 0 bridgehead atoms. The minimum Gasteiger partial charge on any atom is -0.426 e. The van der Waals surface area contributed by atoms with Gasteiger partial charge in [0.05, 0.1) is 33.7 Å². The molecule has 0 aliphatic carbocycles. The van der Waals surface area contributed by atoms with Crippen LogP contribution in [0.3, 0.4) is 0 Å². The zero-order chi connectivity index (χ0) is 33.8. The molecule has 0 saturated carbocycles. The van der Waals surface area contributed by atoms with Crippen molar-refractivity contribution in [2.45, 2.75) is 33.1 Å². The Morgan fingerprint density at radius 2 is 1.04 bits per heavy atom. The molecule has 14 heteroatoms. The molecule has 47 heavy (non-hydrogen) atoms. The highest BCUT2D eigenvalue weighted by Gasteiger charge is 2.12. The molecule has 4 aromatic rings. The standard InChI is InChI=1S/C33H30N6O8/c1-3-32(40)46-30-15-5-22(18-24(30)20-34-36-26-7-11-28(12-8-26)38(42)43)17-23-6-16-31(47-33(41)4-2)25(19-23)21-35-37-27-9-13-29(14-10-27)39(44)45/h5-16,18-21,36-37H,3-4,17H2,1-2H3. The summed E-state index contributed by atoms with van der Waals surface area (Å²) in [4.78, 5) is 45.0. The molecule has 0 aromatic heterocycles. The number of nitrogens with one attached hydrogen (secondary N) is 2. The van der Waals surface area contributed by atoms with Crippen LogP contribution in [-0.2, 0) is 16.0 Å². The summed E-state index contributed by atoms with van der Waals surface area (Å²) in [6.45, 7) is 3.37. The van der Waals surface area contributed by atoms with Crippen LogP contribution in [0.15, 0.2) is 95.1 Å². The van der Waals surface area contributed by atoms with Crippen LogP contribution in [0.5, 0.6) is 11.5 Å². The van der Waals surface area contributed by atoms with Crippen molar-refractivity contribution >= 4 is 47.1 Å². The molecule has 0 spiro atoms. The SMILES string of the molecule is CCC(=O)Oc1ccc(Cc2ccc(OC(=O)CC)c(C=NNc3ccc([N+](=O)[O-])cc3)c2)cc1C=NNc1ccc([N+](=O)[O-])cc1. The molecule has 4 rings (SSSR count). The Labute approximate surface area is 269 Å². The van der Waals surface area contributed by atoms with Crippen molar-refractivity contribution in [2.24, 2.45) is 10.2 Å². The number of hydrogen-bond acceptors (Lipinski definition) is 12. The zero-order valence-electron chi connectivity index (χ0n) is 25.4. The zero-order valence-corrected chi connectivity index (χ0v) is 25.4. The van der Waals surface area contributed by atoms with Gasteiger partial charge in [0.2, 0.25) is 0 Å². The second kappa shape index (κ2) is 16.0. The Hall–Kier alpha value is -6.44. The molecular weight excluding hydrogens is 608 g/mol. The van der Waals surface area contributed by atoms with E-state index in [0.717, 1.165) is 11.1 Å². The second-order valence-corrected chi connectivity index (χ2v) is 9.92. The van der Waals surface area contributed by atoms with E-state index in [1.807, 2.05) is 24.3 Å². The number of ether oxygens (including phenoxy) is 2. The van der Waals surface area contributed by atoms with Gasteiger partial charge >= 0.3 is 11.9 Å². The van der Waals surface area contributed by atoms with Gasteiger partial charge in [-0.25, -0.2) is 0 Å². The lowest BCUT2D eigenvalue weighted by atomic mass is 10.0. The number of hydrogen-bond donors (Lipinski definition) is 2. The van der Waals surface area contributed by atoms with Crippen LogP contribution in [0.1, 0.15) is 48.9 Å². The van der Waals surface area contributed by atoms with Crippen LogP contribution < -0.4 is 20.3 Å². The summed E-state index contributed by atoms with van der Waals surface area (Å²) in [5, 5.41) is 30.3. The van der Waals surface area contributed by atoms with E-state index in [-0.39, 0.29) is 24.2 Å². The van der Waals surface area contributed by atoms with Gasteiger partial charge in [-0.1, -0.05) is 26.0 Å². The molecule has 0 atom stereocenters. The van der Waals surface area contributed by atoms with Gasteiger partial charge in [-0.15, -0.1) is 0 Å². The van der Waals surface area contributed by atoms with Crippen molar-refractivity contribution in [3.05, 3.63) is 127 Å². The van der Waals surface area contributed by atoms with Gasteiger partial charge in [-0.3, -0.25) is 40.7 Å². The fourth-order valence-electron chi connectivity index (χ4n) is 4.10. The first-order chi connectivity index (χ1) is 22.6. The summed E-state index contributed by atoms with van der Waals surface area (Å²) < 4.78 is 11.0. The Kier molecular flexibility index (Phi) is 11.4. The number of carbonyl (C=O) groups is 2. The van der Waals surface area contributed by atoms with Crippen molar-refractivity contribution < 1.29 is 28.9 Å². The highest BCUT2D eigenvalue weighted by Crippen LogP contribution is 2.25. The van der Waals surface area contributed by atoms with Gasteiger partial charge in [-0.05, 0) is 66.1 Å². The minimum atomic E-state index is -0.493. The number of hydrazone groups is 2. The molecular formula is C33H30N6O8. The van der Waals surface area contributed by atoms with Gasteiger partial charge in [0.15, 0.2) is 0 Å². The molecule has 0 amide bonds. The van der Waals surface area contributed by atoms with Gasteiger partial charge in [0.25, 0.3) is 11.4 Å². The quantitative estimate of drug-likeness (QED) is 0.0499. The number of nitrogens with zero attached hydrogens (tertiary/aromatic N) is 4. The number of nitro benzene ring substituents is 2. The third kappa shape index (κ3) is 9.78. The fourth-order valence-corrected chi connectivity index (χ4v) is 4.10. The Morgan fingerprint density at radius 3 is 1.38 bits per heavy atom. The average molecular weight is 639 g/mol. The van der Waals surface area contributed by atoms with Crippen LogP contribution in [0, 0.1) is 20.2 Å². The molecule has 0 unspecified atom stereocenters. The summed E-state index contributed by atoms with van der Waals surface area (Å²) in [5.74, 6) is -0.220. The number of rotatable bonds is 14. The minimum absolute atomic E-state index is 0.0484. The summed E-state index contributed by atoms with van der Waals surface area (Å²) in [6, 6.07) is 22.1. The van der Waals surface area contributed by atoms with E-state index in [4.69, 9.17) is 9.47 Å². The molecule has 0 aliphatic rings. The molecule has 0 fully saturated rings. The Bertz CT molecular complexity index is 1690. The van der Waals surface area contributed by atoms with Crippen LogP contribution in [-0.4, -0.2) is 34.2 Å². The molecule has 0 aliphatic heterocycles. The van der Waals surface area contributed by atoms with Crippen molar-refractivity contribution in [1.29, 1.82) is 0 Å². The molecule has 4 aromatic carbocycles. The maximum absolute atomic E-state index is 12.1. The number of benzene rings is 4. The maximum atomic E-state index is 12.1. The lowest BCUT2D eigenvalue weighted by molar-refractivity contribution is -0.385. The summed E-state index contributed by atoms with van der Waals surface area (Å²) in [5.41, 5.74) is 9.30. The maximum Gasteiger partial charge on any atom is 0.310 e. The largest absolute Gasteiger partial charge is 0.426 e. The molecule has 0 saturated heterocycles. The van der Waals surface area contributed by atoms with Crippen molar-refractivity contribution in [2.75, 3.05) is 10.9 Å². The lowest BCUT2D eigenvalue weighted by Gasteiger charge is -2.11. The van der Waals surface area contributed by atoms with Gasteiger partial charge in [0, 0.05) is 48.2 Å². The number of carbonyl (C=O) groups excluding carboxylic acids is 2. The van der Waals surface area contributed by atoms with E-state index < -0.39 is 21.8 Å². The average Bonchev–Trinajstić information content (AvgIpc) is 3.07. The fraction of sp³-hybridized carbons (Fsp3) is 0.152. The van der Waals surface area contributed by atoms with Gasteiger partial charge < -0.3 is 9.47 Å². The summed E-state index contributed by atoms with van der Waals surface area (Å²) >= 11 is 0. The number of esters is 2. The van der Waals surface area contributed by atoms with Crippen molar-refractivity contribution in [3.8, 4) is 11.5 Å². The highest BCUT2D eigenvalue weighted by molar-refractivity contribution is 5.87. The third-order valence-corrected chi connectivity index (χ3v) is 6.53. The predicted octanol–water partition coefficient (Wildman–Crippen LogP) is 6.62. The Morgan fingerprint density at radius 1 is 0.660 bits per heavy atom. The Balaban J connectivity index is 1.56. The summed E-state index contributed by atoms with van der Waals surface area (Å²) in [6.07, 6.45) is 3.77. The van der Waals surface area contributed by atoms with Crippen LogP contribution in [0.4, 0.5) is 22.7 Å². The van der Waals surface area contributed by atoms with Crippen molar-refractivity contribution in [3.63, 3.8) is 0 Å². The summed E-state index contributed by atoms with van der Waals surface area (Å²) in [7, 11) is 0. The van der Waals surface area contributed by atoms with Gasteiger partial charge in [-0.2, -0.15) is 10.2 Å². The smallest absolute Gasteiger partial charge is 0.310 e. The number of anilines is 2. The van der Waals surface area contributed by atoms with Crippen LogP contribution in [0.2, 0.25) is 0 Å². The molecule has 2 N–H and O–H groups in total. The predicted molar refractivity (Wildman–Crippen MR) is 176 cm³/mol. The van der Waals surface area contributed by atoms with E-state index in [9.17, 15) is 29.8 Å². The molecule has 0 radical (unpaired) electrons. The lowest BCUT2D eigenvalue weighted by Crippen LogP contribution is -2.08. The first-order valence-electron chi connectivity index (χ1n) is 14.4. The third-order valence-electron chi connectivity index (χ3n) is 6.53.